The van der Waals surface area contributed by atoms with Crippen molar-refractivity contribution in [1.29, 1.82) is 0 Å². The third kappa shape index (κ3) is 16.0. The molecule has 0 amide bonds. The van der Waals surface area contributed by atoms with E-state index in [0.717, 1.165) is 32.1 Å². The van der Waals surface area contributed by atoms with Gasteiger partial charge in [-0.05, 0) is 38.5 Å². The van der Waals surface area contributed by atoms with Crippen LogP contribution in [0.15, 0.2) is 12.2 Å². The number of carbonyl (C=O) groups is 1. The summed E-state index contributed by atoms with van der Waals surface area (Å²) in [5.74, 6) is -0.710. The van der Waals surface area contributed by atoms with Crippen LogP contribution in [0, 0.1) is 0 Å². The zero-order valence-corrected chi connectivity index (χ0v) is 15.5. The molecule has 0 radical (unpaired) electrons. The van der Waals surface area contributed by atoms with Crippen molar-refractivity contribution in [3.63, 3.8) is 0 Å². The maximum absolute atomic E-state index is 10.3. The first-order valence-electron chi connectivity index (χ1n) is 9.80. The first-order valence-corrected chi connectivity index (χ1v) is 9.80. The highest BCUT2D eigenvalue weighted by molar-refractivity contribution is 5.66. The molecule has 24 heavy (non-hydrogen) atoms. The van der Waals surface area contributed by atoms with Crippen LogP contribution in [0.5, 0.6) is 0 Å². The molecule has 0 bridgehead atoms. The highest BCUT2D eigenvalue weighted by Crippen LogP contribution is 2.13. The molecule has 3 N–H and O–H groups in total. The van der Waals surface area contributed by atoms with Gasteiger partial charge in [-0.1, -0.05) is 64.0 Å². The molecule has 0 fully saturated rings. The number of hydrogen-bond acceptors (Lipinski definition) is 3. The molecule has 0 aromatic carbocycles. The molecule has 0 aliphatic carbocycles. The summed E-state index contributed by atoms with van der Waals surface area (Å²) in [6.45, 7) is 1.89. The molecular weight excluding hydrogens is 304 g/mol. The van der Waals surface area contributed by atoms with Gasteiger partial charge in [0.05, 0.1) is 12.2 Å². The molecule has 2 atom stereocenters. The van der Waals surface area contributed by atoms with Crippen LogP contribution in [0.1, 0.15) is 96.8 Å². The fourth-order valence-electron chi connectivity index (χ4n) is 2.75. The van der Waals surface area contributed by atoms with Gasteiger partial charge in [-0.2, -0.15) is 0 Å². The number of allylic oxidation sites excluding steroid dienone is 2. The predicted octanol–water partition coefficient (Wildman–Crippen LogP) is 4.83. The lowest BCUT2D eigenvalue weighted by atomic mass is 10.0. The van der Waals surface area contributed by atoms with Gasteiger partial charge in [0.15, 0.2) is 0 Å². The molecule has 0 saturated carbocycles. The molecule has 0 unspecified atom stereocenters. The number of aliphatic carboxylic acids is 1. The van der Waals surface area contributed by atoms with Crippen molar-refractivity contribution in [2.24, 2.45) is 0 Å². The highest BCUT2D eigenvalue weighted by atomic mass is 16.4. The molecular formula is C20H38O4. The van der Waals surface area contributed by atoms with Gasteiger partial charge in [-0.3, -0.25) is 4.79 Å². The topological polar surface area (TPSA) is 77.8 Å². The summed E-state index contributed by atoms with van der Waals surface area (Å²) in [5, 5.41) is 27.6. The third-order valence-electron chi connectivity index (χ3n) is 4.41. The maximum Gasteiger partial charge on any atom is 0.303 e. The summed E-state index contributed by atoms with van der Waals surface area (Å²) in [5.41, 5.74) is 0. The van der Waals surface area contributed by atoms with E-state index in [-0.39, 0.29) is 6.42 Å². The molecule has 0 saturated heterocycles. The van der Waals surface area contributed by atoms with Crippen LogP contribution in [0.3, 0.4) is 0 Å². The highest BCUT2D eigenvalue weighted by Gasteiger charge is 2.12. The average molecular weight is 343 g/mol. The number of rotatable bonds is 17. The van der Waals surface area contributed by atoms with E-state index >= 15 is 0 Å². The summed E-state index contributed by atoms with van der Waals surface area (Å²) in [4.78, 5) is 10.3. The van der Waals surface area contributed by atoms with Gasteiger partial charge in [0.25, 0.3) is 0 Å². The summed E-state index contributed by atoms with van der Waals surface area (Å²) in [6, 6.07) is 0. The minimum absolute atomic E-state index is 0.266. The molecule has 0 aliphatic rings. The minimum atomic E-state index is -0.710. The third-order valence-corrected chi connectivity index (χ3v) is 4.41. The van der Waals surface area contributed by atoms with Crippen molar-refractivity contribution in [2.75, 3.05) is 0 Å². The second kappa shape index (κ2) is 17.0. The van der Waals surface area contributed by atoms with E-state index in [9.17, 15) is 15.0 Å². The Morgan fingerprint density at radius 3 is 1.83 bits per heavy atom. The quantitative estimate of drug-likeness (QED) is 0.261. The van der Waals surface area contributed by atoms with Crippen LogP contribution < -0.4 is 0 Å². The predicted molar refractivity (Wildman–Crippen MR) is 99.1 cm³/mol. The zero-order chi connectivity index (χ0) is 18.0. The van der Waals surface area contributed by atoms with Gasteiger partial charge in [-0.25, -0.2) is 0 Å². The van der Waals surface area contributed by atoms with Crippen molar-refractivity contribution >= 4 is 5.97 Å². The number of aliphatic hydroxyl groups is 2. The van der Waals surface area contributed by atoms with E-state index in [2.05, 4.69) is 12.2 Å². The molecule has 4 heteroatoms. The molecule has 0 rings (SSSR count). The van der Waals surface area contributed by atoms with Crippen LogP contribution in [0.25, 0.3) is 0 Å². The van der Waals surface area contributed by atoms with Crippen molar-refractivity contribution in [3.05, 3.63) is 12.2 Å². The Balaban J connectivity index is 3.20. The molecule has 0 spiro atoms. The normalized spacial score (nSPS) is 14.1. The number of hydrogen-bond donors (Lipinski definition) is 3. The molecule has 0 heterocycles. The molecule has 0 aromatic rings. The fraction of sp³-hybridized carbons (Fsp3) is 0.850. The lowest BCUT2D eigenvalue weighted by Crippen LogP contribution is -2.24. The Morgan fingerprint density at radius 2 is 1.29 bits per heavy atom. The number of unbranched alkanes of at least 4 members (excludes halogenated alkanes) is 9. The van der Waals surface area contributed by atoms with Gasteiger partial charge >= 0.3 is 5.97 Å². The molecule has 0 aromatic heterocycles. The van der Waals surface area contributed by atoms with Gasteiger partial charge < -0.3 is 15.3 Å². The zero-order valence-electron chi connectivity index (χ0n) is 15.5. The van der Waals surface area contributed by atoms with E-state index in [1.165, 1.54) is 38.5 Å². The fourth-order valence-corrected chi connectivity index (χ4v) is 2.75. The van der Waals surface area contributed by atoms with Gasteiger partial charge in [0.2, 0.25) is 0 Å². The standard InChI is InChI=1S/C20H38O4/c1-2-18(21)19(22)16-14-12-10-8-6-4-3-5-7-9-11-13-15-17-20(23)24/h9,11,18-19,21-22H,2-8,10,12-17H2,1H3,(H,23,24)/b11-9-/t18-,19-/m1/s1. The van der Waals surface area contributed by atoms with Gasteiger partial charge in [0.1, 0.15) is 0 Å². The largest absolute Gasteiger partial charge is 0.481 e. The van der Waals surface area contributed by atoms with Crippen molar-refractivity contribution in [1.82, 2.24) is 0 Å². The van der Waals surface area contributed by atoms with Crippen LogP contribution >= 0.6 is 0 Å². The van der Waals surface area contributed by atoms with Crippen molar-refractivity contribution in [2.45, 2.75) is 109 Å². The summed E-state index contributed by atoms with van der Waals surface area (Å²) in [6.07, 6.45) is 17.2. The average Bonchev–Trinajstić information content (AvgIpc) is 2.57. The van der Waals surface area contributed by atoms with Crippen LogP contribution in [0.4, 0.5) is 0 Å². The molecule has 4 nitrogen and oxygen atoms in total. The van der Waals surface area contributed by atoms with E-state index in [1.54, 1.807) is 0 Å². The van der Waals surface area contributed by atoms with Crippen molar-refractivity contribution in [3.8, 4) is 0 Å². The number of carboxylic acids is 1. The van der Waals surface area contributed by atoms with E-state index in [0.29, 0.717) is 12.8 Å². The lowest BCUT2D eigenvalue weighted by molar-refractivity contribution is -0.137. The summed E-state index contributed by atoms with van der Waals surface area (Å²) >= 11 is 0. The van der Waals surface area contributed by atoms with Gasteiger partial charge in [-0.15, -0.1) is 0 Å². The molecule has 0 aliphatic heterocycles. The maximum atomic E-state index is 10.3. The Hall–Kier alpha value is -0.870. The second-order valence-corrected chi connectivity index (χ2v) is 6.71. The Labute approximate surface area is 148 Å². The minimum Gasteiger partial charge on any atom is -0.481 e. The first kappa shape index (κ1) is 23.1. The smallest absolute Gasteiger partial charge is 0.303 e. The summed E-state index contributed by atoms with van der Waals surface area (Å²) < 4.78 is 0. The number of carboxylic acid groups (broad SMARTS) is 1. The van der Waals surface area contributed by atoms with Crippen LogP contribution in [-0.4, -0.2) is 33.5 Å². The first-order chi connectivity index (χ1) is 11.6. The Kier molecular flexibility index (Phi) is 16.4. The van der Waals surface area contributed by atoms with E-state index < -0.39 is 18.2 Å². The van der Waals surface area contributed by atoms with E-state index in [1.807, 2.05) is 6.92 Å². The second-order valence-electron chi connectivity index (χ2n) is 6.71. The number of aliphatic hydroxyl groups excluding tert-OH is 2. The Morgan fingerprint density at radius 1 is 0.792 bits per heavy atom. The van der Waals surface area contributed by atoms with Crippen molar-refractivity contribution < 1.29 is 20.1 Å². The van der Waals surface area contributed by atoms with Crippen LogP contribution in [-0.2, 0) is 4.79 Å². The van der Waals surface area contributed by atoms with Gasteiger partial charge in [0, 0.05) is 6.42 Å². The van der Waals surface area contributed by atoms with E-state index in [4.69, 9.17) is 5.11 Å². The SMILES string of the molecule is CC[C@@H](O)[C@H](O)CCCCCCCCCC/C=C\CCCC(=O)O. The van der Waals surface area contributed by atoms with Crippen LogP contribution in [0.2, 0.25) is 0 Å². The summed E-state index contributed by atoms with van der Waals surface area (Å²) in [7, 11) is 0. The Bertz CT molecular complexity index is 315. The molecule has 142 valence electrons. The monoisotopic (exact) mass is 342 g/mol. The lowest BCUT2D eigenvalue weighted by Gasteiger charge is -2.15.